The average Bonchev–Trinajstić information content (AvgIpc) is 3.08. The molecule has 0 saturated carbocycles. The van der Waals surface area contributed by atoms with Crippen molar-refractivity contribution >= 4 is 21.7 Å². The molecule has 1 aromatic heterocycles. The third-order valence-electron chi connectivity index (χ3n) is 5.24. The number of sulfonamides is 1. The van der Waals surface area contributed by atoms with Crippen LogP contribution in [0.5, 0.6) is 5.75 Å². The summed E-state index contributed by atoms with van der Waals surface area (Å²) in [5.41, 5.74) is 0.577. The minimum Gasteiger partial charge on any atom is -0.497 e. The Labute approximate surface area is 178 Å². The minimum absolute atomic E-state index is 0.0955. The highest BCUT2D eigenvalue weighted by Crippen LogP contribution is 2.27. The standard InChI is InChI=1S/C21H30N4O4S/c1-15-14-19(25(23-15)21(2,3)4)22-20(26)16-10-12-24(13-11-16)30(27,28)18-8-6-17(29-5)7-9-18/h6-9,14,16H,10-13H2,1-5H3,(H,22,26). The Kier molecular flexibility index (Phi) is 6.24. The van der Waals surface area contributed by atoms with Crippen LogP contribution in [-0.2, 0) is 20.4 Å². The molecule has 1 fully saturated rings. The second-order valence-corrected chi connectivity index (χ2v) is 10.5. The lowest BCUT2D eigenvalue weighted by Crippen LogP contribution is -2.41. The molecule has 1 amide bonds. The SMILES string of the molecule is COc1ccc(S(=O)(=O)N2CCC(C(=O)Nc3cc(C)nn3C(C)(C)C)CC2)cc1. The molecular formula is C21H30N4O4S. The number of ether oxygens (including phenoxy) is 1. The fourth-order valence-corrected chi connectivity index (χ4v) is 5.05. The van der Waals surface area contributed by atoms with Gasteiger partial charge in [-0.15, -0.1) is 0 Å². The Morgan fingerprint density at radius 2 is 1.77 bits per heavy atom. The summed E-state index contributed by atoms with van der Waals surface area (Å²) in [6.45, 7) is 8.58. The van der Waals surface area contributed by atoms with Crippen molar-refractivity contribution in [1.82, 2.24) is 14.1 Å². The molecule has 1 N–H and O–H groups in total. The first-order valence-electron chi connectivity index (χ1n) is 10.0. The Bertz CT molecular complexity index is 999. The molecule has 8 nitrogen and oxygen atoms in total. The maximum absolute atomic E-state index is 12.9. The molecule has 0 atom stereocenters. The molecule has 1 saturated heterocycles. The molecule has 1 aliphatic rings. The zero-order chi connectivity index (χ0) is 22.1. The number of piperidine rings is 1. The van der Waals surface area contributed by atoms with Crippen LogP contribution in [0.15, 0.2) is 35.2 Å². The summed E-state index contributed by atoms with van der Waals surface area (Å²) >= 11 is 0. The number of hydrogen-bond donors (Lipinski definition) is 1. The van der Waals surface area contributed by atoms with E-state index in [4.69, 9.17) is 4.74 Å². The van der Waals surface area contributed by atoms with Gasteiger partial charge in [-0.3, -0.25) is 4.79 Å². The number of aromatic nitrogens is 2. The zero-order valence-corrected chi connectivity index (χ0v) is 19.0. The van der Waals surface area contributed by atoms with Crippen LogP contribution in [0.1, 0.15) is 39.3 Å². The summed E-state index contributed by atoms with van der Waals surface area (Å²) in [7, 11) is -2.05. The van der Waals surface area contributed by atoms with Crippen molar-refractivity contribution in [3.63, 3.8) is 0 Å². The van der Waals surface area contributed by atoms with Gasteiger partial charge in [-0.2, -0.15) is 9.40 Å². The van der Waals surface area contributed by atoms with E-state index in [-0.39, 0.29) is 22.3 Å². The first kappa shape index (κ1) is 22.3. The molecular weight excluding hydrogens is 404 g/mol. The highest BCUT2D eigenvalue weighted by Gasteiger charge is 2.32. The number of carbonyl (C=O) groups is 1. The zero-order valence-electron chi connectivity index (χ0n) is 18.2. The maximum Gasteiger partial charge on any atom is 0.243 e. The van der Waals surface area contributed by atoms with Crippen LogP contribution in [0, 0.1) is 12.8 Å². The average molecular weight is 435 g/mol. The second kappa shape index (κ2) is 8.39. The van der Waals surface area contributed by atoms with Crippen LogP contribution in [0.25, 0.3) is 0 Å². The molecule has 9 heteroatoms. The second-order valence-electron chi connectivity index (χ2n) is 8.60. The van der Waals surface area contributed by atoms with Gasteiger partial charge in [0.05, 0.1) is 23.2 Å². The fraction of sp³-hybridized carbons (Fsp3) is 0.524. The minimum atomic E-state index is -3.59. The third kappa shape index (κ3) is 4.67. The fourth-order valence-electron chi connectivity index (χ4n) is 3.58. The van der Waals surface area contributed by atoms with Crippen molar-refractivity contribution in [2.45, 2.75) is 51.0 Å². The number of hydrogen-bond acceptors (Lipinski definition) is 5. The Morgan fingerprint density at radius 3 is 2.30 bits per heavy atom. The van der Waals surface area contributed by atoms with E-state index in [0.717, 1.165) is 5.69 Å². The van der Waals surface area contributed by atoms with Crippen molar-refractivity contribution < 1.29 is 17.9 Å². The van der Waals surface area contributed by atoms with Gasteiger partial charge in [-0.1, -0.05) is 0 Å². The van der Waals surface area contributed by atoms with Gasteiger partial charge >= 0.3 is 0 Å². The Hall–Kier alpha value is -2.39. The number of methoxy groups -OCH3 is 1. The molecule has 30 heavy (non-hydrogen) atoms. The van der Waals surface area contributed by atoms with E-state index >= 15 is 0 Å². The molecule has 2 aromatic rings. The monoisotopic (exact) mass is 434 g/mol. The summed E-state index contributed by atoms with van der Waals surface area (Å²) in [4.78, 5) is 13.1. The van der Waals surface area contributed by atoms with Crippen LogP contribution in [0.4, 0.5) is 5.82 Å². The number of nitrogens with zero attached hydrogens (tertiary/aromatic N) is 3. The molecule has 1 aliphatic heterocycles. The Morgan fingerprint density at radius 1 is 1.17 bits per heavy atom. The van der Waals surface area contributed by atoms with Gasteiger partial charge in [0.2, 0.25) is 15.9 Å². The largest absolute Gasteiger partial charge is 0.497 e. The van der Waals surface area contributed by atoms with Crippen LogP contribution >= 0.6 is 0 Å². The van der Waals surface area contributed by atoms with Gasteiger partial charge in [0.15, 0.2) is 0 Å². The lowest BCUT2D eigenvalue weighted by Gasteiger charge is -2.31. The van der Waals surface area contributed by atoms with Gasteiger partial charge < -0.3 is 10.1 Å². The summed E-state index contributed by atoms with van der Waals surface area (Å²) in [5.74, 6) is 0.935. The van der Waals surface area contributed by atoms with Crippen molar-refractivity contribution in [1.29, 1.82) is 0 Å². The summed E-state index contributed by atoms with van der Waals surface area (Å²) in [5, 5.41) is 7.46. The van der Waals surface area contributed by atoms with E-state index in [2.05, 4.69) is 10.4 Å². The van der Waals surface area contributed by atoms with Gasteiger partial charge in [-0.25, -0.2) is 13.1 Å². The normalized spacial score (nSPS) is 16.4. The summed E-state index contributed by atoms with van der Waals surface area (Å²) in [6.07, 6.45) is 0.952. The number of carbonyl (C=O) groups excluding carboxylic acids is 1. The third-order valence-corrected chi connectivity index (χ3v) is 7.15. The highest BCUT2D eigenvalue weighted by atomic mass is 32.2. The van der Waals surface area contributed by atoms with Gasteiger partial charge in [0, 0.05) is 25.1 Å². The van der Waals surface area contributed by atoms with Crippen LogP contribution in [0.2, 0.25) is 0 Å². The van der Waals surface area contributed by atoms with Crippen LogP contribution < -0.4 is 10.1 Å². The van der Waals surface area contributed by atoms with Crippen molar-refractivity contribution in [3.8, 4) is 5.75 Å². The number of rotatable bonds is 5. The first-order valence-corrected chi connectivity index (χ1v) is 11.5. The molecule has 0 unspecified atom stereocenters. The molecule has 0 spiro atoms. The van der Waals surface area contributed by atoms with E-state index in [1.165, 1.54) is 11.4 Å². The summed E-state index contributed by atoms with van der Waals surface area (Å²) in [6, 6.07) is 8.21. The molecule has 3 rings (SSSR count). The molecule has 0 bridgehead atoms. The van der Waals surface area contributed by atoms with Gasteiger partial charge in [-0.05, 0) is 64.8 Å². The molecule has 2 heterocycles. The molecule has 0 radical (unpaired) electrons. The highest BCUT2D eigenvalue weighted by molar-refractivity contribution is 7.89. The predicted octanol–water partition coefficient (Wildman–Crippen LogP) is 2.99. The van der Waals surface area contributed by atoms with Crippen molar-refractivity contribution in [2.75, 3.05) is 25.5 Å². The number of anilines is 1. The quantitative estimate of drug-likeness (QED) is 0.781. The lowest BCUT2D eigenvalue weighted by molar-refractivity contribution is -0.121. The van der Waals surface area contributed by atoms with E-state index in [9.17, 15) is 13.2 Å². The van der Waals surface area contributed by atoms with E-state index < -0.39 is 10.0 Å². The van der Waals surface area contributed by atoms with Crippen LogP contribution in [-0.4, -0.2) is 48.6 Å². The van der Waals surface area contributed by atoms with E-state index in [1.54, 1.807) is 24.3 Å². The van der Waals surface area contributed by atoms with Crippen LogP contribution in [0.3, 0.4) is 0 Å². The number of amides is 1. The molecule has 164 valence electrons. The summed E-state index contributed by atoms with van der Waals surface area (Å²) < 4.78 is 34.1. The smallest absolute Gasteiger partial charge is 0.243 e. The molecule has 0 aliphatic carbocycles. The number of nitrogens with one attached hydrogen (secondary N) is 1. The van der Waals surface area contributed by atoms with E-state index in [1.807, 2.05) is 38.4 Å². The number of aryl methyl sites for hydroxylation is 1. The molecule has 1 aromatic carbocycles. The van der Waals surface area contributed by atoms with Crippen molar-refractivity contribution in [3.05, 3.63) is 36.0 Å². The lowest BCUT2D eigenvalue weighted by atomic mass is 9.97. The van der Waals surface area contributed by atoms with E-state index in [0.29, 0.717) is 37.5 Å². The predicted molar refractivity (Wildman–Crippen MR) is 115 cm³/mol. The van der Waals surface area contributed by atoms with Crippen molar-refractivity contribution in [2.24, 2.45) is 5.92 Å². The number of benzene rings is 1. The first-order chi connectivity index (χ1) is 14.0. The van der Waals surface area contributed by atoms with Gasteiger partial charge in [0.1, 0.15) is 11.6 Å². The topological polar surface area (TPSA) is 93.5 Å². The Balaban J connectivity index is 1.64. The maximum atomic E-state index is 12.9. The van der Waals surface area contributed by atoms with Gasteiger partial charge in [0.25, 0.3) is 0 Å².